The second-order valence-electron chi connectivity index (χ2n) is 8.50. The minimum Gasteiger partial charge on any atom is -0.465 e. The summed E-state index contributed by atoms with van der Waals surface area (Å²) >= 11 is 4.73. The minimum absolute atomic E-state index is 0.136. The van der Waals surface area contributed by atoms with Crippen molar-refractivity contribution in [2.75, 3.05) is 18.2 Å². The van der Waals surface area contributed by atoms with E-state index in [1.807, 2.05) is 6.92 Å². The predicted molar refractivity (Wildman–Crippen MR) is 130 cm³/mol. The highest BCUT2D eigenvalue weighted by Gasteiger charge is 2.29. The number of esters is 1. The van der Waals surface area contributed by atoms with Gasteiger partial charge in [-0.1, -0.05) is 18.7 Å². The van der Waals surface area contributed by atoms with Gasteiger partial charge in [0.25, 0.3) is 0 Å². The summed E-state index contributed by atoms with van der Waals surface area (Å²) in [6.07, 6.45) is 6.18. The molecule has 168 valence electrons. The minimum atomic E-state index is -0.373. The molecule has 0 aliphatic heterocycles. The Morgan fingerprint density at radius 2 is 2.00 bits per heavy atom. The number of methoxy groups -OCH3 is 1. The van der Waals surface area contributed by atoms with Crippen molar-refractivity contribution >= 4 is 61.5 Å². The van der Waals surface area contributed by atoms with Gasteiger partial charge in [0.15, 0.2) is 0 Å². The summed E-state index contributed by atoms with van der Waals surface area (Å²) < 4.78 is 5.03. The van der Waals surface area contributed by atoms with Crippen molar-refractivity contribution < 1.29 is 14.3 Å². The quantitative estimate of drug-likeness (QED) is 0.303. The van der Waals surface area contributed by atoms with Crippen molar-refractivity contribution in [2.45, 2.75) is 57.4 Å². The standard InChI is InChI=1S/C23H25N3O3S3/c1-11-7-8-14-16(9-11)32-22(19(14)23(28)29-3)26-17(27)10-30-20-18-13-5-4-6-15(13)31-21(18)25-12(2)24-20/h11H,4-10H2,1-3H3,(H,26,27)/t11-/m1/s1. The van der Waals surface area contributed by atoms with Gasteiger partial charge in [-0.2, -0.15) is 0 Å². The van der Waals surface area contributed by atoms with E-state index in [4.69, 9.17) is 4.74 Å². The molecular formula is C23H25N3O3S3. The van der Waals surface area contributed by atoms with Crippen LogP contribution in [0.15, 0.2) is 5.03 Å². The van der Waals surface area contributed by atoms with Gasteiger partial charge >= 0.3 is 5.97 Å². The first-order chi connectivity index (χ1) is 15.4. The number of rotatable bonds is 5. The normalized spacial score (nSPS) is 17.3. The molecule has 0 aromatic carbocycles. The molecule has 9 heteroatoms. The molecule has 5 rings (SSSR count). The number of carbonyl (C=O) groups excluding carboxylic acids is 2. The van der Waals surface area contributed by atoms with Crippen LogP contribution in [0, 0.1) is 12.8 Å². The van der Waals surface area contributed by atoms with Crippen LogP contribution < -0.4 is 5.32 Å². The Balaban J connectivity index is 1.37. The monoisotopic (exact) mass is 487 g/mol. The maximum absolute atomic E-state index is 12.9. The summed E-state index contributed by atoms with van der Waals surface area (Å²) in [6, 6.07) is 0. The first-order valence-corrected chi connectivity index (χ1v) is 13.5. The van der Waals surface area contributed by atoms with Crippen LogP contribution in [-0.4, -0.2) is 34.7 Å². The Kier molecular flexibility index (Phi) is 5.98. The highest BCUT2D eigenvalue weighted by molar-refractivity contribution is 8.00. The third kappa shape index (κ3) is 3.95. The molecule has 32 heavy (non-hydrogen) atoms. The van der Waals surface area contributed by atoms with Crippen molar-refractivity contribution in [1.82, 2.24) is 9.97 Å². The van der Waals surface area contributed by atoms with Crippen molar-refractivity contribution in [3.8, 4) is 0 Å². The zero-order valence-electron chi connectivity index (χ0n) is 18.4. The average Bonchev–Trinajstić information content (AvgIpc) is 3.43. The lowest BCUT2D eigenvalue weighted by Crippen LogP contribution is -2.17. The number of thioether (sulfide) groups is 1. The number of aryl methyl sites for hydroxylation is 3. The van der Waals surface area contributed by atoms with Crippen molar-refractivity contribution in [2.24, 2.45) is 5.92 Å². The Labute approximate surface area is 199 Å². The zero-order valence-corrected chi connectivity index (χ0v) is 20.8. The lowest BCUT2D eigenvalue weighted by Gasteiger charge is -2.18. The number of anilines is 1. The van der Waals surface area contributed by atoms with E-state index in [-0.39, 0.29) is 17.6 Å². The summed E-state index contributed by atoms with van der Waals surface area (Å²) in [5.74, 6) is 1.04. The maximum atomic E-state index is 12.9. The maximum Gasteiger partial charge on any atom is 0.341 e. The fourth-order valence-corrected chi connectivity index (χ4v) is 8.31. The van der Waals surface area contributed by atoms with Crippen LogP contribution >= 0.6 is 34.4 Å². The molecule has 0 spiro atoms. The number of nitrogens with one attached hydrogen (secondary N) is 1. The molecule has 0 bridgehead atoms. The number of aromatic nitrogens is 2. The van der Waals surface area contributed by atoms with E-state index in [0.717, 1.165) is 58.7 Å². The van der Waals surface area contributed by atoms with Gasteiger partial charge in [0, 0.05) is 15.1 Å². The molecular weight excluding hydrogens is 462 g/mol. The number of ether oxygens (including phenoxy) is 1. The molecule has 1 amide bonds. The van der Waals surface area contributed by atoms with Crippen LogP contribution in [0.3, 0.4) is 0 Å². The molecule has 0 saturated carbocycles. The van der Waals surface area contributed by atoms with E-state index in [1.165, 1.54) is 51.9 Å². The molecule has 2 aliphatic carbocycles. The van der Waals surface area contributed by atoms with Crippen LogP contribution in [0.2, 0.25) is 0 Å². The van der Waals surface area contributed by atoms with Gasteiger partial charge in [-0.3, -0.25) is 4.79 Å². The summed E-state index contributed by atoms with van der Waals surface area (Å²) in [7, 11) is 1.39. The van der Waals surface area contributed by atoms with Gasteiger partial charge in [-0.05, 0) is 62.5 Å². The molecule has 0 unspecified atom stereocenters. The molecule has 0 radical (unpaired) electrons. The first-order valence-electron chi connectivity index (χ1n) is 10.9. The van der Waals surface area contributed by atoms with Gasteiger partial charge < -0.3 is 10.1 Å². The number of nitrogens with zero attached hydrogens (tertiary/aromatic N) is 2. The number of fused-ring (bicyclic) bond motifs is 4. The Morgan fingerprint density at radius 3 is 2.81 bits per heavy atom. The lowest BCUT2D eigenvalue weighted by molar-refractivity contribution is -0.113. The van der Waals surface area contributed by atoms with Crippen LogP contribution in [0.25, 0.3) is 10.2 Å². The number of hydrogen-bond donors (Lipinski definition) is 1. The van der Waals surface area contributed by atoms with E-state index in [0.29, 0.717) is 16.5 Å². The third-order valence-corrected chi connectivity index (χ3v) is 9.47. The molecule has 3 aromatic rings. The molecule has 1 N–H and O–H groups in total. The van der Waals surface area contributed by atoms with Crippen molar-refractivity contribution in [3.05, 3.63) is 32.3 Å². The highest BCUT2D eigenvalue weighted by Crippen LogP contribution is 2.42. The fourth-order valence-electron chi connectivity index (χ4n) is 4.62. The van der Waals surface area contributed by atoms with Crippen LogP contribution in [-0.2, 0) is 35.2 Å². The molecule has 6 nitrogen and oxygen atoms in total. The second-order valence-corrected chi connectivity index (χ2v) is 11.7. The van der Waals surface area contributed by atoms with Gasteiger partial charge in [-0.25, -0.2) is 14.8 Å². The molecule has 1 atom stereocenters. The van der Waals surface area contributed by atoms with E-state index in [2.05, 4.69) is 22.2 Å². The largest absolute Gasteiger partial charge is 0.465 e. The number of thiophene rings is 2. The third-order valence-electron chi connectivity index (χ3n) is 6.14. The van der Waals surface area contributed by atoms with Gasteiger partial charge in [0.05, 0.1) is 18.4 Å². The molecule has 2 aliphatic rings. The van der Waals surface area contributed by atoms with E-state index >= 15 is 0 Å². The lowest BCUT2D eigenvalue weighted by atomic mass is 9.88. The molecule has 3 aromatic heterocycles. The predicted octanol–water partition coefficient (Wildman–Crippen LogP) is 5.19. The fraction of sp³-hybridized carbons (Fsp3) is 0.478. The Bertz CT molecular complexity index is 1230. The van der Waals surface area contributed by atoms with Gasteiger partial charge in [0.2, 0.25) is 5.91 Å². The average molecular weight is 488 g/mol. The second kappa shape index (κ2) is 8.76. The number of hydrogen-bond acceptors (Lipinski definition) is 8. The summed E-state index contributed by atoms with van der Waals surface area (Å²) in [5, 5.41) is 5.62. The number of carbonyl (C=O) groups is 2. The van der Waals surface area contributed by atoms with Gasteiger partial charge in [0.1, 0.15) is 20.7 Å². The van der Waals surface area contributed by atoms with E-state index in [1.54, 1.807) is 11.3 Å². The summed E-state index contributed by atoms with van der Waals surface area (Å²) in [6.45, 7) is 4.12. The van der Waals surface area contributed by atoms with Crippen LogP contribution in [0.4, 0.5) is 5.00 Å². The smallest absolute Gasteiger partial charge is 0.341 e. The highest BCUT2D eigenvalue weighted by atomic mass is 32.2. The molecule has 3 heterocycles. The van der Waals surface area contributed by atoms with E-state index in [9.17, 15) is 9.59 Å². The summed E-state index contributed by atoms with van der Waals surface area (Å²) in [5.41, 5.74) is 2.94. The molecule has 0 saturated heterocycles. The van der Waals surface area contributed by atoms with Crippen LogP contribution in [0.5, 0.6) is 0 Å². The number of amides is 1. The topological polar surface area (TPSA) is 81.2 Å². The van der Waals surface area contributed by atoms with Crippen molar-refractivity contribution in [1.29, 1.82) is 0 Å². The first kappa shape index (κ1) is 21.9. The Morgan fingerprint density at radius 1 is 1.16 bits per heavy atom. The van der Waals surface area contributed by atoms with Crippen molar-refractivity contribution in [3.63, 3.8) is 0 Å². The van der Waals surface area contributed by atoms with Crippen LogP contribution in [0.1, 0.15) is 56.8 Å². The summed E-state index contributed by atoms with van der Waals surface area (Å²) in [4.78, 5) is 38.3. The SMILES string of the molecule is COC(=O)c1c(NC(=O)CSc2nc(C)nc3sc4c(c23)CCC4)sc2c1CC[C@@H](C)C2. The Hall–Kier alpha value is -1.97. The molecule has 0 fully saturated rings. The zero-order chi connectivity index (χ0) is 22.4. The van der Waals surface area contributed by atoms with Gasteiger partial charge in [-0.15, -0.1) is 22.7 Å². The van der Waals surface area contributed by atoms with E-state index < -0.39 is 0 Å².